The second-order valence-corrected chi connectivity index (χ2v) is 4.18. The minimum atomic E-state index is -1.58. The number of hydrogen-bond acceptors (Lipinski definition) is 7. The molecular formula is C9H13N3O7. The summed E-state index contributed by atoms with van der Waals surface area (Å²) in [5.41, 5.74) is -2.97. The van der Waals surface area contributed by atoms with E-state index >= 15 is 0 Å². The molecule has 106 valence electrons. The van der Waals surface area contributed by atoms with Crippen LogP contribution in [0.15, 0.2) is 14.4 Å². The summed E-state index contributed by atoms with van der Waals surface area (Å²) >= 11 is 0. The first-order chi connectivity index (χ1) is 8.88. The highest BCUT2D eigenvalue weighted by molar-refractivity contribution is 4.90. The molecule has 10 heteroatoms. The molecule has 0 unspecified atom stereocenters. The second-order valence-electron chi connectivity index (χ2n) is 4.18. The van der Waals surface area contributed by atoms with E-state index in [1.165, 1.54) is 0 Å². The van der Waals surface area contributed by atoms with E-state index in [0.717, 1.165) is 7.05 Å². The average Bonchev–Trinajstić information content (AvgIpc) is 2.64. The van der Waals surface area contributed by atoms with E-state index < -0.39 is 48.2 Å². The molecule has 1 saturated heterocycles. The quantitative estimate of drug-likeness (QED) is 0.428. The number of ether oxygens (including phenoxy) is 1. The van der Waals surface area contributed by atoms with E-state index in [1.807, 2.05) is 4.98 Å². The van der Waals surface area contributed by atoms with Crippen LogP contribution in [0, 0.1) is 0 Å². The molecule has 2 heterocycles. The molecule has 0 amide bonds. The molecule has 19 heavy (non-hydrogen) atoms. The first-order valence-corrected chi connectivity index (χ1v) is 5.42. The average molecular weight is 275 g/mol. The van der Waals surface area contributed by atoms with Crippen LogP contribution >= 0.6 is 0 Å². The van der Waals surface area contributed by atoms with E-state index in [0.29, 0.717) is 9.13 Å². The predicted octanol–water partition coefficient (Wildman–Crippen LogP) is -4.15. The Labute approximate surface area is 105 Å². The molecule has 1 aromatic rings. The number of hydrogen-bond donors (Lipinski definition) is 4. The molecule has 4 atom stereocenters. The number of nitrogens with zero attached hydrogens (tertiary/aromatic N) is 2. The van der Waals surface area contributed by atoms with Gasteiger partial charge in [-0.15, -0.1) is 0 Å². The zero-order valence-electron chi connectivity index (χ0n) is 9.89. The molecule has 0 bridgehead atoms. The Kier molecular flexibility index (Phi) is 3.41. The fourth-order valence-corrected chi connectivity index (χ4v) is 1.89. The largest absolute Gasteiger partial charge is 0.394 e. The van der Waals surface area contributed by atoms with Crippen molar-refractivity contribution in [3.05, 3.63) is 31.5 Å². The summed E-state index contributed by atoms with van der Waals surface area (Å²) in [6.07, 6.45) is -5.62. The van der Waals surface area contributed by atoms with Crippen LogP contribution in [0.5, 0.6) is 0 Å². The van der Waals surface area contributed by atoms with Crippen molar-refractivity contribution in [3.8, 4) is 0 Å². The van der Waals surface area contributed by atoms with Gasteiger partial charge >= 0.3 is 17.1 Å². The minimum absolute atomic E-state index is 0.477. The number of aromatic nitrogens is 3. The molecule has 0 aromatic carbocycles. The normalized spacial score (nSPS) is 30.7. The SMILES string of the molecule is Cn1c(=O)[nH]c(=O)n([C@@H]2O[C@@H](CO)[C@@H](O)[C@H]2O)c1=O. The predicted molar refractivity (Wildman–Crippen MR) is 59.6 cm³/mol. The van der Waals surface area contributed by atoms with E-state index in [2.05, 4.69) is 0 Å². The number of H-pyrrole nitrogens is 1. The van der Waals surface area contributed by atoms with Crippen molar-refractivity contribution in [3.63, 3.8) is 0 Å². The van der Waals surface area contributed by atoms with Gasteiger partial charge in [-0.2, -0.15) is 0 Å². The molecule has 4 N–H and O–H groups in total. The van der Waals surface area contributed by atoms with Crippen LogP contribution in [-0.2, 0) is 11.8 Å². The first-order valence-electron chi connectivity index (χ1n) is 5.42. The van der Waals surface area contributed by atoms with Gasteiger partial charge in [0.15, 0.2) is 6.23 Å². The Morgan fingerprint density at radius 1 is 1.21 bits per heavy atom. The molecule has 1 aliphatic rings. The fraction of sp³-hybridized carbons (Fsp3) is 0.667. The molecule has 1 fully saturated rings. The van der Waals surface area contributed by atoms with Crippen LogP contribution in [0.3, 0.4) is 0 Å². The molecule has 2 rings (SSSR count). The number of aromatic amines is 1. The van der Waals surface area contributed by atoms with E-state index in [1.54, 1.807) is 0 Å². The van der Waals surface area contributed by atoms with Gasteiger partial charge in [0.05, 0.1) is 6.61 Å². The summed E-state index contributed by atoms with van der Waals surface area (Å²) < 4.78 is 6.15. The molecule has 1 aromatic heterocycles. The molecule has 0 saturated carbocycles. The number of aliphatic hydroxyl groups is 3. The maximum Gasteiger partial charge on any atom is 0.338 e. The van der Waals surface area contributed by atoms with Gasteiger partial charge in [-0.25, -0.2) is 23.5 Å². The molecule has 10 nitrogen and oxygen atoms in total. The summed E-state index contributed by atoms with van der Waals surface area (Å²) in [6.45, 7) is -0.590. The van der Waals surface area contributed by atoms with Gasteiger partial charge in [0.25, 0.3) is 0 Å². The van der Waals surface area contributed by atoms with Gasteiger partial charge in [-0.3, -0.25) is 4.98 Å². The van der Waals surface area contributed by atoms with Gasteiger partial charge < -0.3 is 20.1 Å². The summed E-state index contributed by atoms with van der Waals surface area (Å²) in [6, 6.07) is 0. The monoisotopic (exact) mass is 275 g/mol. The first kappa shape index (κ1) is 13.7. The van der Waals surface area contributed by atoms with Crippen molar-refractivity contribution in [2.24, 2.45) is 7.05 Å². The van der Waals surface area contributed by atoms with Crippen LogP contribution in [0.1, 0.15) is 6.23 Å². The van der Waals surface area contributed by atoms with Gasteiger partial charge in [-0.05, 0) is 0 Å². The Balaban J connectivity index is 2.56. The zero-order chi connectivity index (χ0) is 14.3. The molecule has 1 aliphatic heterocycles. The highest BCUT2D eigenvalue weighted by Gasteiger charge is 2.44. The van der Waals surface area contributed by atoms with Gasteiger partial charge in [0.1, 0.15) is 18.3 Å². The lowest BCUT2D eigenvalue weighted by Crippen LogP contribution is -2.51. The third-order valence-corrected chi connectivity index (χ3v) is 3.00. The standard InChI is InChI=1S/C9H13N3O7/c1-11-7(16)10-8(17)12(9(11)18)6-5(15)4(14)3(2-13)19-6/h3-6,13-15H,2H2,1H3,(H,10,16,17)/t3-,4+,5+,6+/m0/s1. The van der Waals surface area contributed by atoms with Crippen LogP contribution in [0.25, 0.3) is 0 Å². The number of aliphatic hydroxyl groups excluding tert-OH is 3. The third kappa shape index (κ3) is 2.04. The Hall–Kier alpha value is -1.75. The smallest absolute Gasteiger partial charge is 0.338 e. The lowest BCUT2D eigenvalue weighted by atomic mass is 10.1. The summed E-state index contributed by atoms with van der Waals surface area (Å²) in [4.78, 5) is 36.5. The zero-order valence-corrected chi connectivity index (χ0v) is 9.89. The van der Waals surface area contributed by atoms with Crippen LogP contribution in [-0.4, -0.2) is 54.4 Å². The van der Waals surface area contributed by atoms with Crippen molar-refractivity contribution in [2.45, 2.75) is 24.5 Å². The van der Waals surface area contributed by atoms with Crippen LogP contribution in [0.4, 0.5) is 0 Å². The van der Waals surface area contributed by atoms with Crippen molar-refractivity contribution >= 4 is 0 Å². The summed E-state index contributed by atoms with van der Waals surface area (Å²) in [7, 11) is 1.14. The lowest BCUT2D eigenvalue weighted by Gasteiger charge is -2.16. The Bertz CT molecular complexity index is 644. The second kappa shape index (κ2) is 4.74. The van der Waals surface area contributed by atoms with Crippen molar-refractivity contribution in [2.75, 3.05) is 6.61 Å². The number of nitrogens with one attached hydrogen (secondary N) is 1. The van der Waals surface area contributed by atoms with Crippen molar-refractivity contribution in [1.29, 1.82) is 0 Å². The maximum absolute atomic E-state index is 11.8. The molecule has 0 aliphatic carbocycles. The molecule has 0 radical (unpaired) electrons. The van der Waals surface area contributed by atoms with E-state index in [-0.39, 0.29) is 0 Å². The summed E-state index contributed by atoms with van der Waals surface area (Å²) in [5, 5.41) is 28.2. The van der Waals surface area contributed by atoms with E-state index in [4.69, 9.17) is 9.84 Å². The molecular weight excluding hydrogens is 262 g/mol. The van der Waals surface area contributed by atoms with Gasteiger partial charge in [0, 0.05) is 7.05 Å². The lowest BCUT2D eigenvalue weighted by molar-refractivity contribution is -0.0578. The third-order valence-electron chi connectivity index (χ3n) is 3.00. The fourth-order valence-electron chi connectivity index (χ4n) is 1.89. The van der Waals surface area contributed by atoms with Crippen LogP contribution in [0.2, 0.25) is 0 Å². The van der Waals surface area contributed by atoms with Crippen molar-refractivity contribution < 1.29 is 20.1 Å². The highest BCUT2D eigenvalue weighted by Crippen LogP contribution is 2.26. The summed E-state index contributed by atoms with van der Waals surface area (Å²) in [5.74, 6) is 0. The minimum Gasteiger partial charge on any atom is -0.394 e. The van der Waals surface area contributed by atoms with Crippen LogP contribution < -0.4 is 17.1 Å². The Morgan fingerprint density at radius 3 is 2.37 bits per heavy atom. The van der Waals surface area contributed by atoms with E-state index in [9.17, 15) is 24.6 Å². The Morgan fingerprint density at radius 2 is 1.84 bits per heavy atom. The molecule has 0 spiro atoms. The van der Waals surface area contributed by atoms with Crippen molar-refractivity contribution in [1.82, 2.24) is 14.1 Å². The van der Waals surface area contributed by atoms with Gasteiger partial charge in [-0.1, -0.05) is 0 Å². The highest BCUT2D eigenvalue weighted by atomic mass is 16.6. The maximum atomic E-state index is 11.8. The number of rotatable bonds is 2. The topological polar surface area (TPSA) is 147 Å². The van der Waals surface area contributed by atoms with Gasteiger partial charge in [0.2, 0.25) is 0 Å².